The summed E-state index contributed by atoms with van der Waals surface area (Å²) in [5, 5.41) is 1.57. The molecule has 0 amide bonds. The Balaban J connectivity index is 2.19. The third-order valence-corrected chi connectivity index (χ3v) is 4.91. The van der Waals surface area contributed by atoms with Crippen LogP contribution in [0.4, 0.5) is 5.82 Å². The topological polar surface area (TPSA) is 41.5 Å². The van der Waals surface area contributed by atoms with Crippen molar-refractivity contribution in [1.82, 2.24) is 14.9 Å². The molecule has 1 aromatic carbocycles. The van der Waals surface area contributed by atoms with Crippen molar-refractivity contribution >= 4 is 55.9 Å². The van der Waals surface area contributed by atoms with Crippen LogP contribution in [-0.4, -0.2) is 55.2 Å². The molecule has 0 N–H and O–H groups in total. The maximum Gasteiger partial charge on any atom is 0.224 e. The molecule has 2 aromatic rings. The number of nitrogens with zero attached hydrogens (tertiary/aromatic N) is 4. The lowest BCUT2D eigenvalue weighted by atomic mass is 10.2. The molecule has 5 nitrogen and oxygen atoms in total. The highest BCUT2D eigenvalue weighted by Gasteiger charge is 2.24. The third kappa shape index (κ3) is 2.97. The molecule has 118 valence electrons. The summed E-state index contributed by atoms with van der Waals surface area (Å²) < 4.78 is 6.60. The molecular weight excluding hydrogens is 391 g/mol. The predicted molar refractivity (Wildman–Crippen MR) is 93.5 cm³/mol. The fraction of sp³-hybridized carbons (Fsp3) is 0.429. The molecule has 8 heteroatoms. The smallest absolute Gasteiger partial charge is 0.224 e. The molecule has 0 radical (unpaired) electrons. The van der Waals surface area contributed by atoms with Crippen LogP contribution in [-0.2, 0) is 0 Å². The van der Waals surface area contributed by atoms with E-state index in [0.29, 0.717) is 17.4 Å². The van der Waals surface area contributed by atoms with E-state index in [4.69, 9.17) is 27.9 Å². The van der Waals surface area contributed by atoms with Crippen LogP contribution >= 0.6 is 39.1 Å². The van der Waals surface area contributed by atoms with E-state index in [2.05, 4.69) is 35.7 Å². The Morgan fingerprint density at radius 1 is 1.36 bits per heavy atom. The van der Waals surface area contributed by atoms with E-state index in [1.807, 2.05) is 20.2 Å². The number of anilines is 1. The number of likely N-dealkylation sites (N-methyl/N-ethyl adjacent to an activating group) is 1. The molecule has 1 aliphatic rings. The largest absolute Gasteiger partial charge is 0.489 e. The normalized spacial score (nSPS) is 14.4. The van der Waals surface area contributed by atoms with Gasteiger partial charge in [0.25, 0.3) is 0 Å². The van der Waals surface area contributed by atoms with Crippen LogP contribution in [0.15, 0.2) is 10.5 Å². The minimum atomic E-state index is 0.222. The maximum atomic E-state index is 6.38. The van der Waals surface area contributed by atoms with Crippen molar-refractivity contribution in [2.75, 3.05) is 45.2 Å². The van der Waals surface area contributed by atoms with Gasteiger partial charge in [-0.05, 0) is 47.7 Å². The summed E-state index contributed by atoms with van der Waals surface area (Å²) >= 11 is 15.9. The summed E-state index contributed by atoms with van der Waals surface area (Å²) in [7, 11) is 4.08. The van der Waals surface area contributed by atoms with Crippen molar-refractivity contribution in [1.29, 1.82) is 0 Å². The van der Waals surface area contributed by atoms with Gasteiger partial charge < -0.3 is 14.5 Å². The molecule has 0 atom stereocenters. The Bertz CT molecular complexity index is 726. The summed E-state index contributed by atoms with van der Waals surface area (Å²) in [6.45, 7) is 2.99. The molecule has 1 aromatic heterocycles. The fourth-order valence-electron chi connectivity index (χ4n) is 2.43. The van der Waals surface area contributed by atoms with Gasteiger partial charge in [0.1, 0.15) is 12.4 Å². The van der Waals surface area contributed by atoms with Gasteiger partial charge in [0.15, 0.2) is 5.75 Å². The van der Waals surface area contributed by atoms with Gasteiger partial charge in [0, 0.05) is 17.6 Å². The van der Waals surface area contributed by atoms with E-state index in [1.165, 1.54) is 0 Å². The predicted octanol–water partition coefficient (Wildman–Crippen LogP) is 3.46. The van der Waals surface area contributed by atoms with Crippen LogP contribution < -0.4 is 9.64 Å². The van der Waals surface area contributed by atoms with Crippen LogP contribution in [0.25, 0.3) is 10.9 Å². The van der Waals surface area contributed by atoms with Crippen LogP contribution in [0.3, 0.4) is 0 Å². The molecule has 22 heavy (non-hydrogen) atoms. The second-order valence-electron chi connectivity index (χ2n) is 5.35. The van der Waals surface area contributed by atoms with E-state index >= 15 is 0 Å². The van der Waals surface area contributed by atoms with Crippen molar-refractivity contribution in [3.8, 4) is 5.75 Å². The van der Waals surface area contributed by atoms with Crippen molar-refractivity contribution in [3.63, 3.8) is 0 Å². The Hall–Kier alpha value is -0.820. The Labute approximate surface area is 147 Å². The number of hydrogen-bond donors (Lipinski definition) is 0. The molecule has 0 spiro atoms. The molecule has 1 aliphatic heterocycles. The third-order valence-electron chi connectivity index (χ3n) is 3.51. The minimum Gasteiger partial charge on any atom is -0.489 e. The van der Waals surface area contributed by atoms with Gasteiger partial charge in [0.05, 0.1) is 22.5 Å². The first-order valence-electron chi connectivity index (χ1n) is 6.85. The molecule has 0 saturated heterocycles. The highest BCUT2D eigenvalue weighted by molar-refractivity contribution is 9.10. The zero-order chi connectivity index (χ0) is 15.9. The van der Waals surface area contributed by atoms with E-state index in [-0.39, 0.29) is 5.28 Å². The van der Waals surface area contributed by atoms with Crippen molar-refractivity contribution in [2.24, 2.45) is 0 Å². The number of ether oxygens (including phenoxy) is 1. The van der Waals surface area contributed by atoms with Gasteiger partial charge in [-0.3, -0.25) is 0 Å². The van der Waals surface area contributed by atoms with Crippen molar-refractivity contribution < 1.29 is 4.74 Å². The molecular formula is C14H15BrCl2N4O. The lowest BCUT2D eigenvalue weighted by Crippen LogP contribution is -2.34. The summed E-state index contributed by atoms with van der Waals surface area (Å²) in [5.41, 5.74) is 0.720. The highest BCUT2D eigenvalue weighted by Crippen LogP contribution is 2.43. The standard InChI is InChI=1S/C14H15BrCl2N4O/c1-20(2)3-4-21-5-6-22-12-10-9(7-8(15)11(12)16)18-14(17)19-13(10)21/h7H,3-6H2,1-2H3. The highest BCUT2D eigenvalue weighted by atomic mass is 79.9. The molecule has 2 heterocycles. The Kier molecular flexibility index (Phi) is 4.64. The SMILES string of the molecule is CN(C)CCN1CCOc2c(Cl)c(Br)cc3nc(Cl)nc1c23. The van der Waals surface area contributed by atoms with Crippen LogP contribution in [0, 0.1) is 0 Å². The average Bonchev–Trinajstić information content (AvgIpc) is 2.62. The van der Waals surface area contributed by atoms with Gasteiger partial charge in [-0.15, -0.1) is 0 Å². The van der Waals surface area contributed by atoms with Gasteiger partial charge in [-0.2, -0.15) is 4.98 Å². The van der Waals surface area contributed by atoms with Crippen molar-refractivity contribution in [2.45, 2.75) is 0 Å². The lowest BCUT2D eigenvalue weighted by molar-refractivity contribution is 0.327. The minimum absolute atomic E-state index is 0.222. The van der Waals surface area contributed by atoms with Crippen LogP contribution in [0.1, 0.15) is 0 Å². The summed E-state index contributed by atoms with van der Waals surface area (Å²) in [4.78, 5) is 13.0. The molecule has 0 fully saturated rings. The first kappa shape index (κ1) is 16.1. The van der Waals surface area contributed by atoms with E-state index in [9.17, 15) is 0 Å². The van der Waals surface area contributed by atoms with Gasteiger partial charge in [0.2, 0.25) is 5.28 Å². The number of benzene rings is 1. The summed E-state index contributed by atoms with van der Waals surface area (Å²) in [5.74, 6) is 1.39. The van der Waals surface area contributed by atoms with E-state index in [0.717, 1.165) is 40.8 Å². The molecule has 3 rings (SSSR count). The lowest BCUT2D eigenvalue weighted by Gasteiger charge is -2.24. The summed E-state index contributed by atoms with van der Waals surface area (Å²) in [6, 6.07) is 1.84. The van der Waals surface area contributed by atoms with E-state index in [1.54, 1.807) is 0 Å². The monoisotopic (exact) mass is 404 g/mol. The van der Waals surface area contributed by atoms with Crippen LogP contribution in [0.2, 0.25) is 10.3 Å². The number of hydrogen-bond acceptors (Lipinski definition) is 5. The first-order chi connectivity index (χ1) is 10.5. The van der Waals surface area contributed by atoms with Gasteiger partial charge in [-0.25, -0.2) is 4.98 Å². The van der Waals surface area contributed by atoms with E-state index < -0.39 is 0 Å². The zero-order valence-corrected chi connectivity index (χ0v) is 15.3. The first-order valence-corrected chi connectivity index (χ1v) is 8.40. The zero-order valence-electron chi connectivity index (χ0n) is 12.2. The second kappa shape index (κ2) is 6.35. The summed E-state index contributed by atoms with van der Waals surface area (Å²) in [6.07, 6.45) is 0. The van der Waals surface area contributed by atoms with Crippen molar-refractivity contribution in [3.05, 3.63) is 20.8 Å². The van der Waals surface area contributed by atoms with Crippen LogP contribution in [0.5, 0.6) is 5.75 Å². The molecule has 0 aliphatic carbocycles. The number of halogens is 3. The second-order valence-corrected chi connectivity index (χ2v) is 6.92. The number of aromatic nitrogens is 2. The Morgan fingerprint density at radius 2 is 2.14 bits per heavy atom. The number of rotatable bonds is 3. The van der Waals surface area contributed by atoms with Gasteiger partial charge in [-0.1, -0.05) is 11.6 Å². The maximum absolute atomic E-state index is 6.38. The Morgan fingerprint density at radius 3 is 2.86 bits per heavy atom. The quantitative estimate of drug-likeness (QED) is 0.731. The molecule has 0 saturated carbocycles. The average molecular weight is 406 g/mol. The molecule has 0 unspecified atom stereocenters. The molecule has 0 bridgehead atoms. The fourth-order valence-corrected chi connectivity index (χ4v) is 3.20. The van der Waals surface area contributed by atoms with Gasteiger partial charge >= 0.3 is 0 Å².